The first kappa shape index (κ1) is 22.2. The highest BCUT2D eigenvalue weighted by atomic mass is 35.5. The summed E-state index contributed by atoms with van der Waals surface area (Å²) in [6, 6.07) is 13.1. The van der Waals surface area contributed by atoms with Crippen LogP contribution in [-0.4, -0.2) is 35.6 Å². The fourth-order valence-corrected chi connectivity index (χ4v) is 3.84. The summed E-state index contributed by atoms with van der Waals surface area (Å²) in [5.41, 5.74) is 1.45. The number of amides is 2. The van der Waals surface area contributed by atoms with Gasteiger partial charge in [0.2, 0.25) is 11.8 Å². The van der Waals surface area contributed by atoms with Gasteiger partial charge in [-0.2, -0.15) is 0 Å². The second-order valence-electron chi connectivity index (χ2n) is 6.27. The van der Waals surface area contributed by atoms with Gasteiger partial charge in [-0.1, -0.05) is 48.9 Å². The molecule has 0 unspecified atom stereocenters. The first-order chi connectivity index (χ1) is 13.5. The molecule has 0 aliphatic heterocycles. The van der Waals surface area contributed by atoms with Crippen molar-refractivity contribution in [2.45, 2.75) is 31.7 Å². The molecule has 1 atom stereocenters. The lowest BCUT2D eigenvalue weighted by molar-refractivity contribution is -0.139. The number of rotatable bonds is 9. The zero-order valence-electron chi connectivity index (χ0n) is 16.0. The number of hydrogen-bond donors (Lipinski definition) is 1. The van der Waals surface area contributed by atoms with Crippen molar-refractivity contribution in [2.75, 3.05) is 12.8 Å². The Labute approximate surface area is 174 Å². The van der Waals surface area contributed by atoms with Crippen molar-refractivity contribution in [2.24, 2.45) is 0 Å². The summed E-state index contributed by atoms with van der Waals surface area (Å²) in [5.74, 6) is -0.0905. The summed E-state index contributed by atoms with van der Waals surface area (Å²) < 4.78 is 13.8. The molecule has 0 aliphatic rings. The van der Waals surface area contributed by atoms with Gasteiger partial charge in [0.05, 0.1) is 5.75 Å². The van der Waals surface area contributed by atoms with Gasteiger partial charge in [-0.3, -0.25) is 9.59 Å². The Hall–Kier alpha value is -2.05. The Morgan fingerprint density at radius 3 is 2.46 bits per heavy atom. The molecule has 7 heteroatoms. The van der Waals surface area contributed by atoms with E-state index in [-0.39, 0.29) is 23.4 Å². The van der Waals surface area contributed by atoms with E-state index in [9.17, 15) is 14.0 Å². The van der Waals surface area contributed by atoms with Gasteiger partial charge in [0, 0.05) is 24.4 Å². The van der Waals surface area contributed by atoms with Crippen LogP contribution in [-0.2, 0) is 21.9 Å². The Kier molecular flexibility index (Phi) is 8.80. The second kappa shape index (κ2) is 11.1. The lowest BCUT2D eigenvalue weighted by Gasteiger charge is -2.30. The van der Waals surface area contributed by atoms with E-state index in [4.69, 9.17) is 11.6 Å². The van der Waals surface area contributed by atoms with Crippen LogP contribution in [0.25, 0.3) is 0 Å². The molecule has 2 aromatic rings. The van der Waals surface area contributed by atoms with Crippen molar-refractivity contribution in [1.29, 1.82) is 0 Å². The minimum Gasteiger partial charge on any atom is -0.357 e. The zero-order chi connectivity index (χ0) is 20.5. The number of carbonyl (C=O) groups excluding carboxylic acids is 2. The third kappa shape index (κ3) is 6.24. The molecular weight excluding hydrogens is 399 g/mol. The highest BCUT2D eigenvalue weighted by Gasteiger charge is 2.27. The fourth-order valence-electron chi connectivity index (χ4n) is 2.82. The normalized spacial score (nSPS) is 11.7. The van der Waals surface area contributed by atoms with E-state index in [0.29, 0.717) is 29.3 Å². The maximum absolute atomic E-state index is 13.8. The van der Waals surface area contributed by atoms with Crippen LogP contribution in [0.2, 0.25) is 5.02 Å². The van der Waals surface area contributed by atoms with E-state index in [2.05, 4.69) is 5.32 Å². The highest BCUT2D eigenvalue weighted by molar-refractivity contribution is 7.99. The molecule has 1 N–H and O–H groups in total. The van der Waals surface area contributed by atoms with E-state index in [1.54, 1.807) is 42.3 Å². The predicted molar refractivity (Wildman–Crippen MR) is 113 cm³/mol. The molecule has 2 rings (SSSR count). The van der Waals surface area contributed by atoms with Crippen LogP contribution in [0.1, 0.15) is 24.5 Å². The molecule has 0 aromatic heterocycles. The molecular formula is C21H24ClFN2O2S. The van der Waals surface area contributed by atoms with Gasteiger partial charge < -0.3 is 10.2 Å². The maximum Gasteiger partial charge on any atom is 0.242 e. The highest BCUT2D eigenvalue weighted by Crippen LogP contribution is 2.19. The summed E-state index contributed by atoms with van der Waals surface area (Å²) in [6.45, 7) is 2.18. The Balaban J connectivity index is 2.10. The van der Waals surface area contributed by atoms with E-state index >= 15 is 0 Å². The molecule has 0 spiro atoms. The van der Waals surface area contributed by atoms with Crippen LogP contribution in [0, 0.1) is 5.82 Å². The third-order valence-corrected chi connectivity index (χ3v) is 5.56. The van der Waals surface area contributed by atoms with Crippen molar-refractivity contribution < 1.29 is 14.0 Å². The third-order valence-electron chi connectivity index (χ3n) is 4.34. The maximum atomic E-state index is 13.8. The number of carbonyl (C=O) groups is 2. The summed E-state index contributed by atoms with van der Waals surface area (Å²) in [7, 11) is 1.56. The number of thioether (sulfide) groups is 1. The molecule has 0 saturated heterocycles. The van der Waals surface area contributed by atoms with Gasteiger partial charge in [0.1, 0.15) is 11.9 Å². The van der Waals surface area contributed by atoms with E-state index in [1.165, 1.54) is 17.8 Å². The molecule has 0 fully saturated rings. The van der Waals surface area contributed by atoms with Crippen LogP contribution in [0.4, 0.5) is 4.39 Å². The molecule has 2 aromatic carbocycles. The lowest BCUT2D eigenvalue weighted by atomic mass is 10.1. The summed E-state index contributed by atoms with van der Waals surface area (Å²) >= 11 is 7.27. The number of halogens is 2. The summed E-state index contributed by atoms with van der Waals surface area (Å²) in [4.78, 5) is 26.8. The average molecular weight is 423 g/mol. The minimum atomic E-state index is -0.567. The van der Waals surface area contributed by atoms with Gasteiger partial charge in [0.25, 0.3) is 0 Å². The molecule has 28 heavy (non-hydrogen) atoms. The summed E-state index contributed by atoms with van der Waals surface area (Å²) in [6.07, 6.45) is 0.497. The van der Waals surface area contributed by atoms with Gasteiger partial charge in [-0.05, 0) is 35.7 Å². The first-order valence-electron chi connectivity index (χ1n) is 9.03. The van der Waals surface area contributed by atoms with Gasteiger partial charge >= 0.3 is 0 Å². The largest absolute Gasteiger partial charge is 0.357 e. The van der Waals surface area contributed by atoms with Crippen LogP contribution >= 0.6 is 23.4 Å². The standard InChI is InChI=1S/C21H24ClFN2O2S/c1-3-19(21(27)24-2)25(12-15-8-10-17(22)11-9-15)20(26)14-28-13-16-6-4-5-7-18(16)23/h4-11,19H,3,12-14H2,1-2H3,(H,24,27)/t19-/m0/s1. The van der Waals surface area contributed by atoms with Crippen LogP contribution in [0.15, 0.2) is 48.5 Å². The molecule has 0 saturated carbocycles. The van der Waals surface area contributed by atoms with E-state index in [1.807, 2.05) is 19.1 Å². The average Bonchev–Trinajstić information content (AvgIpc) is 2.70. The van der Waals surface area contributed by atoms with Crippen molar-refractivity contribution in [3.63, 3.8) is 0 Å². The van der Waals surface area contributed by atoms with Crippen LogP contribution in [0.5, 0.6) is 0 Å². The number of likely N-dealkylation sites (N-methyl/N-ethyl adjacent to an activating group) is 1. The van der Waals surface area contributed by atoms with Crippen molar-refractivity contribution in [3.05, 3.63) is 70.5 Å². The predicted octanol–water partition coefficient (Wildman–Crippen LogP) is 4.27. The topological polar surface area (TPSA) is 49.4 Å². The SMILES string of the molecule is CC[C@@H](C(=O)NC)N(Cc1ccc(Cl)cc1)C(=O)CSCc1ccccc1F. The number of benzene rings is 2. The Morgan fingerprint density at radius 1 is 1.18 bits per heavy atom. The van der Waals surface area contributed by atoms with Gasteiger partial charge in [-0.25, -0.2) is 4.39 Å². The minimum absolute atomic E-state index is 0.160. The van der Waals surface area contributed by atoms with E-state index < -0.39 is 6.04 Å². The number of hydrogen-bond acceptors (Lipinski definition) is 3. The molecule has 0 bridgehead atoms. The van der Waals surface area contributed by atoms with Crippen molar-refractivity contribution >= 4 is 35.2 Å². The Bertz CT molecular complexity index is 801. The fraction of sp³-hybridized carbons (Fsp3) is 0.333. The monoisotopic (exact) mass is 422 g/mol. The van der Waals surface area contributed by atoms with Crippen LogP contribution in [0.3, 0.4) is 0 Å². The lowest BCUT2D eigenvalue weighted by Crippen LogP contribution is -2.48. The second-order valence-corrected chi connectivity index (χ2v) is 7.69. The van der Waals surface area contributed by atoms with Gasteiger partial charge in [0.15, 0.2) is 0 Å². The zero-order valence-corrected chi connectivity index (χ0v) is 17.5. The van der Waals surface area contributed by atoms with Crippen LogP contribution < -0.4 is 5.32 Å². The number of nitrogens with one attached hydrogen (secondary N) is 1. The molecule has 0 aliphatic carbocycles. The Morgan fingerprint density at radius 2 is 1.86 bits per heavy atom. The number of nitrogens with zero attached hydrogens (tertiary/aromatic N) is 1. The smallest absolute Gasteiger partial charge is 0.242 e. The first-order valence-corrected chi connectivity index (χ1v) is 10.6. The quantitative estimate of drug-likeness (QED) is 0.656. The molecule has 0 heterocycles. The molecule has 2 amide bonds. The molecule has 150 valence electrons. The molecule has 0 radical (unpaired) electrons. The summed E-state index contributed by atoms with van der Waals surface area (Å²) in [5, 5.41) is 3.24. The van der Waals surface area contributed by atoms with Crippen molar-refractivity contribution in [3.8, 4) is 0 Å². The van der Waals surface area contributed by atoms with E-state index in [0.717, 1.165) is 5.56 Å². The van der Waals surface area contributed by atoms with Crippen molar-refractivity contribution in [1.82, 2.24) is 10.2 Å². The molecule has 4 nitrogen and oxygen atoms in total. The van der Waals surface area contributed by atoms with Gasteiger partial charge in [-0.15, -0.1) is 11.8 Å².